The number of ether oxygens (including phenoxy) is 1. The number of nitrogens with zero attached hydrogens (tertiary/aromatic N) is 1. The first kappa shape index (κ1) is 19.0. The number of hydrogen-bond acceptors (Lipinski definition) is 5. The molecule has 2 amide bonds. The summed E-state index contributed by atoms with van der Waals surface area (Å²) in [5.41, 5.74) is 3.55. The Bertz CT molecular complexity index is 776. The van der Waals surface area contributed by atoms with Crippen molar-refractivity contribution in [3.05, 3.63) is 59.7 Å². The third-order valence-corrected chi connectivity index (χ3v) is 3.45. The maximum Gasteiger partial charge on any atom is 0.329 e. The van der Waals surface area contributed by atoms with E-state index in [0.717, 1.165) is 5.56 Å². The molecule has 3 N–H and O–H groups in total. The van der Waals surface area contributed by atoms with Crippen LogP contribution in [0, 0.1) is 0 Å². The second-order valence-corrected chi connectivity index (χ2v) is 5.32. The zero-order chi connectivity index (χ0) is 18.8. The summed E-state index contributed by atoms with van der Waals surface area (Å²) in [4.78, 5) is 23.4. The molecule has 2 rings (SSSR count). The van der Waals surface area contributed by atoms with Gasteiger partial charge in [-0.05, 0) is 31.0 Å². The molecule has 0 radical (unpaired) electrons. The SMILES string of the molecule is CCOc1cccc(/C=N\NC(=O)C(=O)NCCc2ccccc2)c1O. The van der Waals surface area contributed by atoms with E-state index in [4.69, 9.17) is 4.74 Å². The Hall–Kier alpha value is -3.35. The number of carbonyl (C=O) groups is 2. The number of phenols is 1. The Kier molecular flexibility index (Phi) is 7.17. The van der Waals surface area contributed by atoms with Gasteiger partial charge < -0.3 is 15.2 Å². The minimum Gasteiger partial charge on any atom is -0.504 e. The molecule has 0 saturated heterocycles. The van der Waals surface area contributed by atoms with E-state index in [9.17, 15) is 14.7 Å². The van der Waals surface area contributed by atoms with Gasteiger partial charge in [-0.1, -0.05) is 36.4 Å². The van der Waals surface area contributed by atoms with Gasteiger partial charge in [-0.2, -0.15) is 5.10 Å². The molecule has 0 aromatic heterocycles. The van der Waals surface area contributed by atoms with Crippen molar-refractivity contribution in [1.82, 2.24) is 10.7 Å². The second-order valence-electron chi connectivity index (χ2n) is 5.32. The summed E-state index contributed by atoms with van der Waals surface area (Å²) in [6.07, 6.45) is 1.87. The average molecular weight is 355 g/mol. The summed E-state index contributed by atoms with van der Waals surface area (Å²) in [5, 5.41) is 16.2. The molecule has 2 aromatic rings. The number of hydrazone groups is 1. The van der Waals surface area contributed by atoms with Crippen LogP contribution in [0.4, 0.5) is 0 Å². The van der Waals surface area contributed by atoms with Crippen LogP contribution in [0.2, 0.25) is 0 Å². The predicted molar refractivity (Wildman–Crippen MR) is 98.2 cm³/mol. The summed E-state index contributed by atoms with van der Waals surface area (Å²) in [6.45, 7) is 2.56. The largest absolute Gasteiger partial charge is 0.504 e. The fraction of sp³-hybridized carbons (Fsp3) is 0.211. The molecule has 0 heterocycles. The Morgan fingerprint density at radius 3 is 2.62 bits per heavy atom. The number of aromatic hydroxyl groups is 1. The Morgan fingerprint density at radius 1 is 1.12 bits per heavy atom. The molecule has 0 unspecified atom stereocenters. The minimum atomic E-state index is -0.880. The topological polar surface area (TPSA) is 100 Å². The maximum atomic E-state index is 11.7. The van der Waals surface area contributed by atoms with Gasteiger partial charge in [0.2, 0.25) is 0 Å². The minimum absolute atomic E-state index is 0.0836. The van der Waals surface area contributed by atoms with Crippen molar-refractivity contribution in [3.63, 3.8) is 0 Å². The zero-order valence-electron chi connectivity index (χ0n) is 14.4. The molecule has 0 aliphatic rings. The van der Waals surface area contributed by atoms with Crippen molar-refractivity contribution in [2.75, 3.05) is 13.2 Å². The third-order valence-electron chi connectivity index (χ3n) is 3.45. The number of para-hydroxylation sites is 1. The van der Waals surface area contributed by atoms with Gasteiger partial charge in [0.05, 0.1) is 12.8 Å². The molecule has 7 heteroatoms. The van der Waals surface area contributed by atoms with Crippen LogP contribution in [0.5, 0.6) is 11.5 Å². The predicted octanol–water partition coefficient (Wildman–Crippen LogP) is 1.60. The fourth-order valence-corrected chi connectivity index (χ4v) is 2.17. The van der Waals surface area contributed by atoms with Crippen LogP contribution in [0.15, 0.2) is 53.6 Å². The first-order valence-corrected chi connectivity index (χ1v) is 8.21. The highest BCUT2D eigenvalue weighted by atomic mass is 16.5. The smallest absolute Gasteiger partial charge is 0.329 e. The van der Waals surface area contributed by atoms with Gasteiger partial charge in [-0.3, -0.25) is 9.59 Å². The second kappa shape index (κ2) is 9.83. The van der Waals surface area contributed by atoms with Gasteiger partial charge in [0.15, 0.2) is 11.5 Å². The molecule has 136 valence electrons. The van der Waals surface area contributed by atoms with Crippen molar-refractivity contribution >= 4 is 18.0 Å². The van der Waals surface area contributed by atoms with Crippen LogP contribution < -0.4 is 15.5 Å². The monoisotopic (exact) mass is 355 g/mol. The quantitative estimate of drug-likeness (QED) is 0.399. The Morgan fingerprint density at radius 2 is 1.88 bits per heavy atom. The average Bonchev–Trinajstić information content (AvgIpc) is 2.65. The zero-order valence-corrected chi connectivity index (χ0v) is 14.4. The summed E-state index contributed by atoms with van der Waals surface area (Å²) < 4.78 is 5.26. The molecule has 0 saturated carbocycles. The molecule has 2 aromatic carbocycles. The standard InChI is InChI=1S/C19H21N3O4/c1-2-26-16-10-6-9-15(17(16)23)13-21-22-19(25)18(24)20-12-11-14-7-4-3-5-8-14/h3-10,13,23H,2,11-12H2,1H3,(H,20,24)(H,22,25)/b21-13-. The van der Waals surface area contributed by atoms with Gasteiger partial charge in [0.25, 0.3) is 0 Å². The normalized spacial score (nSPS) is 10.5. The molecule has 7 nitrogen and oxygen atoms in total. The molecular weight excluding hydrogens is 334 g/mol. The molecule has 0 aliphatic heterocycles. The summed E-state index contributed by atoms with van der Waals surface area (Å²) in [7, 11) is 0. The van der Waals surface area contributed by atoms with Crippen molar-refractivity contribution in [3.8, 4) is 11.5 Å². The van der Waals surface area contributed by atoms with Crippen LogP contribution in [0.1, 0.15) is 18.1 Å². The number of carbonyl (C=O) groups excluding carboxylic acids is 2. The maximum absolute atomic E-state index is 11.7. The van der Waals surface area contributed by atoms with Crippen LogP contribution in [-0.2, 0) is 16.0 Å². The van der Waals surface area contributed by atoms with E-state index >= 15 is 0 Å². The molecular formula is C19H21N3O4. The van der Waals surface area contributed by atoms with Crippen molar-refractivity contribution in [2.45, 2.75) is 13.3 Å². The first-order valence-electron chi connectivity index (χ1n) is 8.21. The number of benzene rings is 2. The molecule has 0 aliphatic carbocycles. The highest BCUT2D eigenvalue weighted by Gasteiger charge is 2.12. The van der Waals surface area contributed by atoms with Crippen LogP contribution in [0.25, 0.3) is 0 Å². The Balaban J connectivity index is 1.81. The molecule has 0 bridgehead atoms. The molecule has 0 fully saturated rings. The summed E-state index contributed by atoms with van der Waals surface area (Å²) in [5.74, 6) is -1.42. The van der Waals surface area contributed by atoms with E-state index < -0.39 is 11.8 Å². The fourth-order valence-electron chi connectivity index (χ4n) is 2.17. The number of phenolic OH excluding ortho intramolecular Hbond substituents is 1. The van der Waals surface area contributed by atoms with E-state index in [1.807, 2.05) is 30.3 Å². The molecule has 26 heavy (non-hydrogen) atoms. The van der Waals surface area contributed by atoms with E-state index in [1.54, 1.807) is 25.1 Å². The Labute approximate surface area is 151 Å². The lowest BCUT2D eigenvalue weighted by Crippen LogP contribution is -2.38. The van der Waals surface area contributed by atoms with Gasteiger partial charge in [0, 0.05) is 12.1 Å². The van der Waals surface area contributed by atoms with Crippen molar-refractivity contribution in [2.24, 2.45) is 5.10 Å². The summed E-state index contributed by atoms with van der Waals surface area (Å²) in [6, 6.07) is 14.5. The van der Waals surface area contributed by atoms with Gasteiger partial charge in [0.1, 0.15) is 0 Å². The highest BCUT2D eigenvalue weighted by molar-refractivity contribution is 6.35. The van der Waals surface area contributed by atoms with Gasteiger partial charge in [-0.15, -0.1) is 0 Å². The first-order chi connectivity index (χ1) is 12.6. The number of amides is 2. The van der Waals surface area contributed by atoms with E-state index in [1.165, 1.54) is 6.21 Å². The lowest BCUT2D eigenvalue weighted by molar-refractivity contribution is -0.139. The van der Waals surface area contributed by atoms with E-state index in [-0.39, 0.29) is 5.75 Å². The van der Waals surface area contributed by atoms with Crippen LogP contribution in [0.3, 0.4) is 0 Å². The molecule has 0 atom stereocenters. The van der Waals surface area contributed by atoms with Crippen LogP contribution in [-0.4, -0.2) is 36.3 Å². The van der Waals surface area contributed by atoms with E-state index in [2.05, 4.69) is 15.8 Å². The summed E-state index contributed by atoms with van der Waals surface area (Å²) >= 11 is 0. The van der Waals surface area contributed by atoms with Crippen molar-refractivity contribution < 1.29 is 19.4 Å². The highest BCUT2D eigenvalue weighted by Crippen LogP contribution is 2.28. The lowest BCUT2D eigenvalue weighted by atomic mass is 10.1. The molecule has 0 spiro atoms. The van der Waals surface area contributed by atoms with Crippen LogP contribution >= 0.6 is 0 Å². The van der Waals surface area contributed by atoms with Crippen molar-refractivity contribution in [1.29, 1.82) is 0 Å². The van der Waals surface area contributed by atoms with Gasteiger partial charge >= 0.3 is 11.8 Å². The third kappa shape index (κ3) is 5.62. The number of hydrogen-bond donors (Lipinski definition) is 3. The number of rotatable bonds is 7. The lowest BCUT2D eigenvalue weighted by Gasteiger charge is -2.07. The van der Waals surface area contributed by atoms with Gasteiger partial charge in [-0.25, -0.2) is 5.43 Å². The van der Waals surface area contributed by atoms with E-state index in [0.29, 0.717) is 30.9 Å². The number of nitrogens with one attached hydrogen (secondary N) is 2.